The number of amides is 1. The van der Waals surface area contributed by atoms with Crippen LogP contribution in [0.4, 0.5) is 21.1 Å². The minimum absolute atomic E-state index is 0.172. The molecule has 2 N–H and O–H groups in total. The second kappa shape index (κ2) is 7.41. The van der Waals surface area contributed by atoms with E-state index in [0.29, 0.717) is 26.7 Å². The molecule has 2 aromatic heterocycles. The van der Waals surface area contributed by atoms with Gasteiger partial charge in [-0.3, -0.25) is 10.1 Å². The van der Waals surface area contributed by atoms with Crippen molar-refractivity contribution in [1.82, 2.24) is 15.4 Å². The van der Waals surface area contributed by atoms with Crippen LogP contribution in [0.5, 0.6) is 0 Å². The summed E-state index contributed by atoms with van der Waals surface area (Å²) in [5, 5.41) is 17.9. The van der Waals surface area contributed by atoms with Crippen molar-refractivity contribution in [3.63, 3.8) is 0 Å². The van der Waals surface area contributed by atoms with E-state index >= 15 is 0 Å². The second-order valence-corrected chi connectivity index (χ2v) is 6.87. The summed E-state index contributed by atoms with van der Waals surface area (Å²) in [6, 6.07) is 7.56. The Morgan fingerprint density at radius 1 is 1.33 bits per heavy atom. The number of rotatable bonds is 6. The number of carbonyl (C=O) groups excluding carboxylic acids is 1. The highest BCUT2D eigenvalue weighted by atomic mass is 32.2. The Kier molecular flexibility index (Phi) is 5.06. The molecule has 0 aliphatic rings. The van der Waals surface area contributed by atoms with Gasteiger partial charge < -0.3 is 9.84 Å². The molecule has 0 fully saturated rings. The number of nitrogens with zero attached hydrogens (tertiary/aromatic N) is 3. The van der Waals surface area contributed by atoms with E-state index in [1.165, 1.54) is 35.2 Å². The number of hydrogen-bond donors (Lipinski definition) is 2. The molecule has 0 unspecified atom stereocenters. The summed E-state index contributed by atoms with van der Waals surface area (Å²) in [5.41, 5.74) is 1.40. The first-order valence-corrected chi connectivity index (χ1v) is 8.61. The monoisotopic (exact) mass is 365 g/mol. The predicted molar refractivity (Wildman–Crippen MR) is 90.2 cm³/mol. The summed E-state index contributed by atoms with van der Waals surface area (Å²) in [6.07, 6.45) is 0. The summed E-state index contributed by atoms with van der Waals surface area (Å²) in [4.78, 5) is 11.8. The molecule has 24 heavy (non-hydrogen) atoms. The van der Waals surface area contributed by atoms with Crippen LogP contribution in [-0.2, 0) is 4.79 Å². The quantitative estimate of drug-likeness (QED) is 0.646. The molecule has 0 radical (unpaired) electrons. The van der Waals surface area contributed by atoms with Gasteiger partial charge in [-0.25, -0.2) is 4.39 Å². The first kappa shape index (κ1) is 16.4. The third kappa shape index (κ3) is 4.52. The SMILES string of the molecule is Cc1cc(NC(=O)CSc2nnc(Nc3ccc(F)cc3)s2)on1. The van der Waals surface area contributed by atoms with Gasteiger partial charge in [0.05, 0.1) is 11.4 Å². The van der Waals surface area contributed by atoms with Gasteiger partial charge in [-0.05, 0) is 31.2 Å². The predicted octanol–water partition coefficient (Wildman–Crippen LogP) is 3.45. The molecular formula is C14H12FN5O2S2. The van der Waals surface area contributed by atoms with Crippen LogP contribution in [-0.4, -0.2) is 27.0 Å². The second-order valence-electron chi connectivity index (χ2n) is 4.67. The fourth-order valence-corrected chi connectivity index (χ4v) is 3.27. The number of benzene rings is 1. The molecule has 7 nitrogen and oxygen atoms in total. The Bertz CT molecular complexity index is 834. The normalized spacial score (nSPS) is 10.6. The van der Waals surface area contributed by atoms with Crippen LogP contribution >= 0.6 is 23.1 Å². The van der Waals surface area contributed by atoms with E-state index in [9.17, 15) is 9.18 Å². The van der Waals surface area contributed by atoms with E-state index in [4.69, 9.17) is 4.52 Å². The molecule has 124 valence electrons. The van der Waals surface area contributed by atoms with Crippen LogP contribution in [0, 0.1) is 12.7 Å². The zero-order chi connectivity index (χ0) is 16.9. The lowest BCUT2D eigenvalue weighted by atomic mass is 10.3. The van der Waals surface area contributed by atoms with Crippen molar-refractivity contribution in [3.8, 4) is 0 Å². The smallest absolute Gasteiger partial charge is 0.237 e. The van der Waals surface area contributed by atoms with Crippen molar-refractivity contribution in [2.75, 3.05) is 16.4 Å². The summed E-state index contributed by atoms with van der Waals surface area (Å²) >= 11 is 2.56. The molecule has 1 aromatic carbocycles. The molecule has 0 saturated carbocycles. The molecule has 1 amide bonds. The molecule has 2 heterocycles. The van der Waals surface area contributed by atoms with Gasteiger partial charge in [0.2, 0.25) is 16.9 Å². The molecule has 3 aromatic rings. The van der Waals surface area contributed by atoms with Gasteiger partial charge in [-0.1, -0.05) is 28.3 Å². The minimum Gasteiger partial charge on any atom is -0.338 e. The van der Waals surface area contributed by atoms with Crippen molar-refractivity contribution in [3.05, 3.63) is 41.8 Å². The van der Waals surface area contributed by atoms with E-state index in [2.05, 4.69) is 26.0 Å². The Morgan fingerprint density at radius 2 is 2.12 bits per heavy atom. The highest BCUT2D eigenvalue weighted by molar-refractivity contribution is 8.01. The Hall–Kier alpha value is -2.46. The standard InChI is InChI=1S/C14H12FN5O2S2/c1-8-6-12(22-20-8)17-11(21)7-23-14-19-18-13(24-14)16-10-4-2-9(15)3-5-10/h2-6H,7H2,1H3,(H,16,18)(H,17,21). The highest BCUT2D eigenvalue weighted by Gasteiger charge is 2.10. The number of nitrogens with one attached hydrogen (secondary N) is 2. The van der Waals surface area contributed by atoms with E-state index < -0.39 is 0 Å². The van der Waals surface area contributed by atoms with Gasteiger partial charge in [-0.2, -0.15) is 0 Å². The minimum atomic E-state index is -0.304. The molecule has 0 aliphatic heterocycles. The highest BCUT2D eigenvalue weighted by Crippen LogP contribution is 2.27. The van der Waals surface area contributed by atoms with E-state index in [1.54, 1.807) is 25.1 Å². The number of carbonyl (C=O) groups is 1. The lowest BCUT2D eigenvalue weighted by Gasteiger charge is -2.00. The van der Waals surface area contributed by atoms with Gasteiger partial charge in [0.1, 0.15) is 5.82 Å². The Labute approximate surface area is 144 Å². The summed E-state index contributed by atoms with van der Waals surface area (Å²) in [5.74, 6) is -0.0410. The fraction of sp³-hybridized carbons (Fsp3) is 0.143. The van der Waals surface area contributed by atoms with E-state index in [0.717, 1.165) is 0 Å². The average molecular weight is 365 g/mol. The molecule has 0 spiro atoms. The lowest BCUT2D eigenvalue weighted by molar-refractivity contribution is -0.113. The van der Waals surface area contributed by atoms with Crippen LogP contribution in [0.3, 0.4) is 0 Å². The number of halogens is 1. The number of anilines is 3. The molecular weight excluding hydrogens is 353 g/mol. The van der Waals surface area contributed by atoms with E-state index in [1.807, 2.05) is 0 Å². The summed E-state index contributed by atoms with van der Waals surface area (Å²) in [6.45, 7) is 1.77. The molecule has 0 bridgehead atoms. The average Bonchev–Trinajstić information content (AvgIpc) is 3.17. The molecule has 3 rings (SSSR count). The number of hydrogen-bond acceptors (Lipinski definition) is 8. The molecule has 0 saturated heterocycles. The molecule has 0 atom stereocenters. The Balaban J connectivity index is 1.50. The third-order valence-electron chi connectivity index (χ3n) is 2.72. The van der Waals surface area contributed by atoms with Gasteiger partial charge in [0.25, 0.3) is 0 Å². The van der Waals surface area contributed by atoms with Gasteiger partial charge in [0, 0.05) is 11.8 Å². The largest absolute Gasteiger partial charge is 0.338 e. The van der Waals surface area contributed by atoms with Gasteiger partial charge in [-0.15, -0.1) is 10.2 Å². The maximum atomic E-state index is 12.9. The first-order valence-electron chi connectivity index (χ1n) is 6.80. The Morgan fingerprint density at radius 3 is 2.83 bits per heavy atom. The van der Waals surface area contributed by atoms with Crippen LogP contribution in [0.25, 0.3) is 0 Å². The fourth-order valence-electron chi connectivity index (χ4n) is 1.70. The molecule has 0 aliphatic carbocycles. The van der Waals surface area contributed by atoms with Crippen molar-refractivity contribution in [1.29, 1.82) is 0 Å². The maximum Gasteiger partial charge on any atom is 0.237 e. The van der Waals surface area contributed by atoms with E-state index in [-0.39, 0.29) is 17.5 Å². The molecule has 10 heteroatoms. The van der Waals surface area contributed by atoms with Crippen molar-refractivity contribution < 1.29 is 13.7 Å². The topological polar surface area (TPSA) is 92.9 Å². The van der Waals surface area contributed by atoms with Crippen LogP contribution in [0.1, 0.15) is 5.69 Å². The maximum absolute atomic E-state index is 12.9. The van der Waals surface area contributed by atoms with Crippen LogP contribution in [0.15, 0.2) is 39.2 Å². The van der Waals surface area contributed by atoms with Crippen molar-refractivity contribution in [2.24, 2.45) is 0 Å². The van der Waals surface area contributed by atoms with Gasteiger partial charge in [0.15, 0.2) is 4.34 Å². The van der Waals surface area contributed by atoms with Crippen LogP contribution in [0.2, 0.25) is 0 Å². The number of aromatic nitrogens is 3. The van der Waals surface area contributed by atoms with Crippen molar-refractivity contribution >= 4 is 45.7 Å². The van der Waals surface area contributed by atoms with Gasteiger partial charge >= 0.3 is 0 Å². The zero-order valence-corrected chi connectivity index (χ0v) is 14.1. The van der Waals surface area contributed by atoms with Crippen molar-refractivity contribution in [2.45, 2.75) is 11.3 Å². The third-order valence-corrected chi connectivity index (χ3v) is 4.69. The lowest BCUT2D eigenvalue weighted by Crippen LogP contribution is -2.13. The summed E-state index contributed by atoms with van der Waals surface area (Å²) in [7, 11) is 0. The van der Waals surface area contributed by atoms with Crippen LogP contribution < -0.4 is 10.6 Å². The number of aryl methyl sites for hydroxylation is 1. The zero-order valence-electron chi connectivity index (χ0n) is 12.4. The number of thioether (sulfide) groups is 1. The first-order chi connectivity index (χ1) is 11.6. The summed E-state index contributed by atoms with van der Waals surface area (Å²) < 4.78 is 18.4.